The third-order valence-corrected chi connectivity index (χ3v) is 2.76. The molecule has 2 aromatic rings. The van der Waals surface area contributed by atoms with E-state index >= 15 is 0 Å². The summed E-state index contributed by atoms with van der Waals surface area (Å²) >= 11 is 5.91. The fourth-order valence-electron chi connectivity index (χ4n) is 1.54. The van der Waals surface area contributed by atoms with E-state index in [1.807, 2.05) is 6.07 Å². The van der Waals surface area contributed by atoms with Gasteiger partial charge in [0.1, 0.15) is 5.82 Å². The molecule has 6 heteroatoms. The zero-order chi connectivity index (χ0) is 14.5. The van der Waals surface area contributed by atoms with E-state index in [1.165, 1.54) is 36.4 Å². The van der Waals surface area contributed by atoms with Crippen LogP contribution < -0.4 is 10.6 Å². The van der Waals surface area contributed by atoms with Crippen molar-refractivity contribution >= 4 is 29.0 Å². The monoisotopic (exact) mass is 289 g/mol. The molecule has 0 atom stereocenters. The number of nitrogens with one attached hydrogen (secondary N) is 2. The minimum Gasteiger partial charge on any atom is -0.308 e. The lowest BCUT2D eigenvalue weighted by Crippen LogP contribution is -2.19. The number of anilines is 2. The Bertz CT molecular complexity index is 697. The maximum absolute atomic E-state index is 13.0. The molecular formula is C14H9ClFN3O. The molecule has 2 aromatic carbocycles. The Kier molecular flexibility index (Phi) is 4.18. The minimum atomic E-state index is -0.576. The Labute approximate surface area is 119 Å². The first-order valence-corrected chi connectivity index (χ1v) is 5.99. The molecular weight excluding hydrogens is 281 g/mol. The van der Waals surface area contributed by atoms with Gasteiger partial charge in [0.2, 0.25) is 0 Å². The molecule has 0 spiro atoms. The van der Waals surface area contributed by atoms with Gasteiger partial charge in [-0.3, -0.25) is 0 Å². The number of benzene rings is 2. The molecule has 20 heavy (non-hydrogen) atoms. The van der Waals surface area contributed by atoms with Crippen LogP contribution >= 0.6 is 11.6 Å². The summed E-state index contributed by atoms with van der Waals surface area (Å²) in [6, 6.07) is 11.4. The molecule has 2 amide bonds. The van der Waals surface area contributed by atoms with Crippen molar-refractivity contribution in [2.24, 2.45) is 0 Å². The van der Waals surface area contributed by atoms with Crippen LogP contribution in [0, 0.1) is 17.1 Å². The number of halogens is 2. The summed E-state index contributed by atoms with van der Waals surface area (Å²) in [4.78, 5) is 11.8. The van der Waals surface area contributed by atoms with Gasteiger partial charge in [0.15, 0.2) is 0 Å². The number of carbonyl (C=O) groups excluding carboxylic acids is 1. The van der Waals surface area contributed by atoms with E-state index in [0.717, 1.165) is 0 Å². The average Bonchev–Trinajstić information content (AvgIpc) is 2.41. The van der Waals surface area contributed by atoms with Gasteiger partial charge in [-0.2, -0.15) is 5.26 Å². The van der Waals surface area contributed by atoms with Crippen LogP contribution in [0.1, 0.15) is 5.56 Å². The number of hydrogen-bond acceptors (Lipinski definition) is 2. The third-order valence-electron chi connectivity index (χ3n) is 2.43. The van der Waals surface area contributed by atoms with Crippen molar-refractivity contribution in [3.8, 4) is 6.07 Å². The Balaban J connectivity index is 2.10. The van der Waals surface area contributed by atoms with Crippen molar-refractivity contribution in [1.29, 1.82) is 5.26 Å². The lowest BCUT2D eigenvalue weighted by Gasteiger charge is -2.09. The highest BCUT2D eigenvalue weighted by atomic mass is 35.5. The number of urea groups is 1. The highest BCUT2D eigenvalue weighted by Crippen LogP contribution is 2.23. The van der Waals surface area contributed by atoms with Crippen molar-refractivity contribution < 1.29 is 9.18 Å². The van der Waals surface area contributed by atoms with E-state index in [9.17, 15) is 9.18 Å². The molecule has 100 valence electrons. The van der Waals surface area contributed by atoms with Crippen LogP contribution in [-0.2, 0) is 0 Å². The summed E-state index contributed by atoms with van der Waals surface area (Å²) in [5, 5.41) is 14.1. The van der Waals surface area contributed by atoms with Crippen molar-refractivity contribution in [3.63, 3.8) is 0 Å². The molecule has 0 bridgehead atoms. The van der Waals surface area contributed by atoms with Gasteiger partial charge in [-0.25, -0.2) is 9.18 Å². The van der Waals surface area contributed by atoms with Crippen molar-refractivity contribution in [2.75, 3.05) is 10.6 Å². The molecule has 0 radical (unpaired) electrons. The van der Waals surface area contributed by atoms with Gasteiger partial charge in [0.05, 0.1) is 22.3 Å². The molecule has 0 saturated heterocycles. The van der Waals surface area contributed by atoms with Gasteiger partial charge in [0, 0.05) is 5.69 Å². The predicted molar refractivity (Wildman–Crippen MR) is 75.2 cm³/mol. The van der Waals surface area contributed by atoms with E-state index in [1.54, 1.807) is 6.07 Å². The number of rotatable bonds is 2. The van der Waals surface area contributed by atoms with Crippen molar-refractivity contribution in [1.82, 2.24) is 0 Å². The SMILES string of the molecule is N#Cc1ccc(Cl)c(NC(=O)Nc2cccc(F)c2)c1. The highest BCUT2D eigenvalue weighted by Gasteiger charge is 2.07. The second-order valence-electron chi connectivity index (χ2n) is 3.90. The van der Waals surface area contributed by atoms with Crippen molar-refractivity contribution in [3.05, 3.63) is 58.9 Å². The number of nitrogens with zero attached hydrogens (tertiary/aromatic N) is 1. The second kappa shape index (κ2) is 6.04. The quantitative estimate of drug-likeness (QED) is 0.878. The molecule has 0 saturated carbocycles. The fraction of sp³-hybridized carbons (Fsp3) is 0. The summed E-state index contributed by atoms with van der Waals surface area (Å²) < 4.78 is 13.0. The van der Waals surface area contributed by atoms with E-state index in [0.29, 0.717) is 22.0 Å². The van der Waals surface area contributed by atoms with Crippen LogP contribution in [0.4, 0.5) is 20.6 Å². The average molecular weight is 290 g/mol. The topological polar surface area (TPSA) is 64.9 Å². The number of nitriles is 1. The van der Waals surface area contributed by atoms with Crippen LogP contribution in [0.2, 0.25) is 5.02 Å². The molecule has 0 unspecified atom stereocenters. The first-order valence-electron chi connectivity index (χ1n) is 5.62. The molecule has 0 aliphatic heterocycles. The summed E-state index contributed by atoms with van der Waals surface area (Å²) in [7, 11) is 0. The highest BCUT2D eigenvalue weighted by molar-refractivity contribution is 6.33. The van der Waals surface area contributed by atoms with Crippen LogP contribution in [0.15, 0.2) is 42.5 Å². The Morgan fingerprint density at radius 2 is 2.00 bits per heavy atom. The Morgan fingerprint density at radius 3 is 2.70 bits per heavy atom. The molecule has 0 aliphatic carbocycles. The maximum Gasteiger partial charge on any atom is 0.323 e. The van der Waals surface area contributed by atoms with Gasteiger partial charge < -0.3 is 10.6 Å². The van der Waals surface area contributed by atoms with Gasteiger partial charge in [-0.05, 0) is 36.4 Å². The lowest BCUT2D eigenvalue weighted by atomic mass is 10.2. The molecule has 0 fully saturated rings. The molecule has 0 aliphatic rings. The zero-order valence-electron chi connectivity index (χ0n) is 10.2. The smallest absolute Gasteiger partial charge is 0.308 e. The lowest BCUT2D eigenvalue weighted by molar-refractivity contribution is 0.262. The largest absolute Gasteiger partial charge is 0.323 e. The summed E-state index contributed by atoms with van der Waals surface area (Å²) in [5.74, 6) is -0.452. The summed E-state index contributed by atoms with van der Waals surface area (Å²) in [5.41, 5.74) is 0.991. The van der Waals surface area contributed by atoms with Gasteiger partial charge in [-0.15, -0.1) is 0 Å². The van der Waals surface area contributed by atoms with Crippen molar-refractivity contribution in [2.45, 2.75) is 0 Å². The zero-order valence-corrected chi connectivity index (χ0v) is 10.9. The molecule has 4 nitrogen and oxygen atoms in total. The minimum absolute atomic E-state index is 0.304. The fourth-order valence-corrected chi connectivity index (χ4v) is 1.71. The normalized spacial score (nSPS) is 9.65. The molecule has 2 rings (SSSR count). The number of hydrogen-bond donors (Lipinski definition) is 2. The van der Waals surface area contributed by atoms with Gasteiger partial charge in [0.25, 0.3) is 0 Å². The van der Waals surface area contributed by atoms with Crippen LogP contribution in [0.3, 0.4) is 0 Å². The van der Waals surface area contributed by atoms with E-state index in [4.69, 9.17) is 16.9 Å². The molecule has 0 aromatic heterocycles. The summed E-state index contributed by atoms with van der Waals surface area (Å²) in [6.07, 6.45) is 0. The van der Waals surface area contributed by atoms with E-state index in [-0.39, 0.29) is 0 Å². The standard InChI is InChI=1S/C14H9ClFN3O/c15-12-5-4-9(8-17)6-13(12)19-14(20)18-11-3-1-2-10(16)7-11/h1-7H,(H2,18,19,20). The van der Waals surface area contributed by atoms with Gasteiger partial charge in [-0.1, -0.05) is 17.7 Å². The van der Waals surface area contributed by atoms with E-state index in [2.05, 4.69) is 10.6 Å². The van der Waals surface area contributed by atoms with Crippen LogP contribution in [-0.4, -0.2) is 6.03 Å². The Hall–Kier alpha value is -2.58. The number of amides is 2. The second-order valence-corrected chi connectivity index (χ2v) is 4.30. The number of carbonyl (C=O) groups is 1. The van der Waals surface area contributed by atoms with Gasteiger partial charge >= 0.3 is 6.03 Å². The third kappa shape index (κ3) is 3.46. The first-order chi connectivity index (χ1) is 9.58. The predicted octanol–water partition coefficient (Wildman–Crippen LogP) is 3.99. The van der Waals surface area contributed by atoms with E-state index < -0.39 is 11.8 Å². The first kappa shape index (κ1) is 13.8. The molecule has 0 heterocycles. The van der Waals surface area contributed by atoms with Crippen LogP contribution in [0.5, 0.6) is 0 Å². The maximum atomic E-state index is 13.0. The van der Waals surface area contributed by atoms with Crippen LogP contribution in [0.25, 0.3) is 0 Å². The Morgan fingerprint density at radius 1 is 1.20 bits per heavy atom. The summed E-state index contributed by atoms with van der Waals surface area (Å²) in [6.45, 7) is 0. The molecule has 2 N–H and O–H groups in total.